The maximum atomic E-state index is 13.1. The molecule has 5 heteroatoms. The molecule has 0 saturated carbocycles. The first-order valence-electron chi connectivity index (χ1n) is 4.10. The fourth-order valence-electron chi connectivity index (χ4n) is 1.20. The Labute approximate surface area is 95.7 Å². The summed E-state index contributed by atoms with van der Waals surface area (Å²) in [6, 6.07) is 5.82. The van der Waals surface area contributed by atoms with Gasteiger partial charge >= 0.3 is 0 Å². The summed E-state index contributed by atoms with van der Waals surface area (Å²) in [7, 11) is 0. The van der Waals surface area contributed by atoms with E-state index in [9.17, 15) is 4.39 Å². The van der Waals surface area contributed by atoms with Crippen molar-refractivity contribution < 1.29 is 4.39 Å². The summed E-state index contributed by atoms with van der Waals surface area (Å²) in [5.41, 5.74) is 1.11. The van der Waals surface area contributed by atoms with E-state index >= 15 is 0 Å². The van der Waals surface area contributed by atoms with Gasteiger partial charge in [-0.15, -0.1) is 0 Å². The molecule has 0 aliphatic heterocycles. The zero-order valence-corrected chi connectivity index (χ0v) is 8.93. The molecule has 0 N–H and O–H groups in total. The van der Waals surface area contributed by atoms with Crippen molar-refractivity contribution in [1.29, 1.82) is 0 Å². The second kappa shape index (κ2) is 4.13. The number of benzene rings is 1. The molecule has 0 fully saturated rings. The van der Waals surface area contributed by atoms with E-state index < -0.39 is 5.82 Å². The molecule has 0 radical (unpaired) electrons. The number of halogens is 3. The largest absolute Gasteiger partial charge is 0.226 e. The van der Waals surface area contributed by atoms with Gasteiger partial charge in [0.1, 0.15) is 5.82 Å². The van der Waals surface area contributed by atoms with Crippen LogP contribution in [0.25, 0.3) is 11.3 Å². The number of hydrogen-bond donors (Lipinski definition) is 0. The van der Waals surface area contributed by atoms with Gasteiger partial charge < -0.3 is 0 Å². The van der Waals surface area contributed by atoms with Crippen LogP contribution in [0.1, 0.15) is 0 Å². The topological polar surface area (TPSA) is 25.8 Å². The molecule has 1 heterocycles. The lowest BCUT2D eigenvalue weighted by Gasteiger charge is -2.01. The quantitative estimate of drug-likeness (QED) is 0.715. The summed E-state index contributed by atoms with van der Waals surface area (Å²) in [6.45, 7) is 0. The van der Waals surface area contributed by atoms with Crippen LogP contribution in [0, 0.1) is 5.82 Å². The molecular weight excluding hydrogens is 238 g/mol. The summed E-state index contributed by atoms with van der Waals surface area (Å²) in [6.07, 6.45) is 1.50. The van der Waals surface area contributed by atoms with Crippen molar-refractivity contribution in [2.24, 2.45) is 0 Å². The summed E-state index contributed by atoms with van der Waals surface area (Å²) >= 11 is 11.3. The lowest BCUT2D eigenvalue weighted by molar-refractivity contribution is 0.628. The predicted molar refractivity (Wildman–Crippen MR) is 57.4 cm³/mol. The van der Waals surface area contributed by atoms with E-state index in [1.165, 1.54) is 18.3 Å². The Morgan fingerprint density at radius 3 is 2.60 bits per heavy atom. The van der Waals surface area contributed by atoms with E-state index in [0.717, 1.165) is 0 Å². The highest BCUT2D eigenvalue weighted by molar-refractivity contribution is 6.31. The van der Waals surface area contributed by atoms with Crippen molar-refractivity contribution in [3.8, 4) is 11.3 Å². The predicted octanol–water partition coefficient (Wildman–Crippen LogP) is 3.59. The van der Waals surface area contributed by atoms with E-state index in [4.69, 9.17) is 23.2 Å². The number of nitrogens with zero attached hydrogens (tertiary/aromatic N) is 2. The highest BCUT2D eigenvalue weighted by atomic mass is 35.5. The maximum absolute atomic E-state index is 13.1. The smallest absolute Gasteiger partial charge is 0.222 e. The lowest BCUT2D eigenvalue weighted by Crippen LogP contribution is -1.87. The van der Waals surface area contributed by atoms with Crippen LogP contribution in [0.3, 0.4) is 0 Å². The minimum atomic E-state index is -0.410. The first-order chi connectivity index (χ1) is 7.15. The van der Waals surface area contributed by atoms with Gasteiger partial charge in [-0.1, -0.05) is 11.6 Å². The van der Waals surface area contributed by atoms with Crippen LogP contribution in [0.15, 0.2) is 30.5 Å². The van der Waals surface area contributed by atoms with Crippen LogP contribution in [-0.4, -0.2) is 9.97 Å². The summed E-state index contributed by atoms with van der Waals surface area (Å²) in [4.78, 5) is 7.69. The van der Waals surface area contributed by atoms with Gasteiger partial charge in [0.05, 0.1) is 5.69 Å². The highest BCUT2D eigenvalue weighted by Gasteiger charge is 2.04. The van der Waals surface area contributed by atoms with Gasteiger partial charge in [-0.25, -0.2) is 14.4 Å². The zero-order valence-electron chi connectivity index (χ0n) is 7.42. The third-order valence-corrected chi connectivity index (χ3v) is 2.18. The van der Waals surface area contributed by atoms with Gasteiger partial charge in [-0.3, -0.25) is 0 Å². The number of aromatic nitrogens is 2. The van der Waals surface area contributed by atoms with Crippen LogP contribution in [0.4, 0.5) is 4.39 Å². The molecule has 76 valence electrons. The molecule has 0 aliphatic carbocycles. The molecule has 0 unspecified atom stereocenters. The SMILES string of the molecule is Fc1cc(Cl)cc(-c2ccnc(Cl)n2)c1. The molecule has 2 nitrogen and oxygen atoms in total. The molecular formula is C10H5Cl2FN2. The second-order valence-electron chi connectivity index (χ2n) is 2.87. The third-order valence-electron chi connectivity index (χ3n) is 1.78. The van der Waals surface area contributed by atoms with E-state index in [1.54, 1.807) is 12.1 Å². The van der Waals surface area contributed by atoms with Crippen LogP contribution in [-0.2, 0) is 0 Å². The van der Waals surface area contributed by atoms with Gasteiger partial charge in [-0.2, -0.15) is 0 Å². The van der Waals surface area contributed by atoms with E-state index in [-0.39, 0.29) is 5.28 Å². The Hall–Kier alpha value is -1.19. The fourth-order valence-corrected chi connectivity index (χ4v) is 1.57. The van der Waals surface area contributed by atoms with Crippen molar-refractivity contribution >= 4 is 23.2 Å². The van der Waals surface area contributed by atoms with Gasteiger partial charge in [0.15, 0.2) is 0 Å². The molecule has 0 amide bonds. The number of hydrogen-bond acceptors (Lipinski definition) is 2. The Morgan fingerprint density at radius 1 is 1.13 bits per heavy atom. The summed E-state index contributed by atoms with van der Waals surface area (Å²) in [5, 5.41) is 0.438. The minimum absolute atomic E-state index is 0.118. The Morgan fingerprint density at radius 2 is 1.93 bits per heavy atom. The average Bonchev–Trinajstić information content (AvgIpc) is 2.16. The molecule has 1 aromatic heterocycles. The number of rotatable bonds is 1. The van der Waals surface area contributed by atoms with Crippen LogP contribution in [0.2, 0.25) is 10.3 Å². The van der Waals surface area contributed by atoms with Crippen molar-refractivity contribution in [1.82, 2.24) is 9.97 Å². The molecule has 0 atom stereocenters. The molecule has 15 heavy (non-hydrogen) atoms. The van der Waals surface area contributed by atoms with Crippen LogP contribution < -0.4 is 0 Å². The first-order valence-corrected chi connectivity index (χ1v) is 4.86. The van der Waals surface area contributed by atoms with Crippen molar-refractivity contribution in [2.75, 3.05) is 0 Å². The average molecular weight is 243 g/mol. The molecule has 0 spiro atoms. The van der Waals surface area contributed by atoms with Gasteiger partial charge in [0.2, 0.25) is 5.28 Å². The fraction of sp³-hybridized carbons (Fsp3) is 0. The van der Waals surface area contributed by atoms with Crippen molar-refractivity contribution in [3.05, 3.63) is 46.6 Å². The molecule has 0 aliphatic rings. The lowest BCUT2D eigenvalue weighted by atomic mass is 10.1. The molecule has 2 aromatic rings. The molecule has 0 bridgehead atoms. The summed E-state index contributed by atoms with van der Waals surface area (Å²) < 4.78 is 13.1. The molecule has 1 aromatic carbocycles. The Bertz CT molecular complexity index is 482. The molecule has 0 saturated heterocycles. The zero-order chi connectivity index (χ0) is 10.8. The van der Waals surface area contributed by atoms with E-state index in [1.807, 2.05) is 0 Å². The summed E-state index contributed by atoms with van der Waals surface area (Å²) in [5.74, 6) is -0.410. The van der Waals surface area contributed by atoms with Crippen molar-refractivity contribution in [2.45, 2.75) is 0 Å². The monoisotopic (exact) mass is 242 g/mol. The Kier molecular flexibility index (Phi) is 2.84. The molecule has 2 rings (SSSR count). The second-order valence-corrected chi connectivity index (χ2v) is 3.64. The van der Waals surface area contributed by atoms with Crippen LogP contribution >= 0.6 is 23.2 Å². The Balaban J connectivity index is 2.54. The van der Waals surface area contributed by atoms with E-state index in [0.29, 0.717) is 16.3 Å². The van der Waals surface area contributed by atoms with Gasteiger partial charge in [0.25, 0.3) is 0 Å². The minimum Gasteiger partial charge on any atom is -0.226 e. The van der Waals surface area contributed by atoms with Gasteiger partial charge in [-0.05, 0) is 35.9 Å². The van der Waals surface area contributed by atoms with Gasteiger partial charge in [0, 0.05) is 16.8 Å². The standard InChI is InChI=1S/C10H5Cl2FN2/c11-7-3-6(4-8(13)5-7)9-1-2-14-10(12)15-9/h1-5H. The third kappa shape index (κ3) is 2.43. The maximum Gasteiger partial charge on any atom is 0.222 e. The van der Waals surface area contributed by atoms with E-state index in [2.05, 4.69) is 9.97 Å². The highest BCUT2D eigenvalue weighted by Crippen LogP contribution is 2.23. The first kappa shape index (κ1) is 10.3. The van der Waals surface area contributed by atoms with Crippen LogP contribution in [0.5, 0.6) is 0 Å². The normalized spacial score (nSPS) is 10.3. The van der Waals surface area contributed by atoms with Crippen molar-refractivity contribution in [3.63, 3.8) is 0 Å².